The predicted molar refractivity (Wildman–Crippen MR) is 113 cm³/mol. The monoisotopic (exact) mass is 407 g/mol. The zero-order valence-corrected chi connectivity index (χ0v) is 17.1. The zero-order valence-electron chi connectivity index (χ0n) is 16.3. The van der Waals surface area contributed by atoms with Gasteiger partial charge in [-0.3, -0.25) is 14.7 Å². The number of amides is 1. The van der Waals surface area contributed by atoms with Crippen LogP contribution in [0.4, 0.5) is 11.6 Å². The van der Waals surface area contributed by atoms with E-state index < -0.39 is 0 Å². The molecule has 1 aliphatic heterocycles. The smallest absolute Gasteiger partial charge is 0.233 e. The Morgan fingerprint density at radius 3 is 2.69 bits per heavy atom. The normalized spacial score (nSPS) is 12.8. The molecule has 0 atom stereocenters. The fourth-order valence-electron chi connectivity index (χ4n) is 3.21. The minimum Gasteiger partial charge on any atom is -0.497 e. The summed E-state index contributed by atoms with van der Waals surface area (Å²) < 4.78 is 5.20. The van der Waals surface area contributed by atoms with Crippen molar-refractivity contribution in [3.05, 3.63) is 65.5 Å². The van der Waals surface area contributed by atoms with E-state index in [4.69, 9.17) is 4.74 Å². The molecule has 1 amide bonds. The summed E-state index contributed by atoms with van der Waals surface area (Å²) in [5, 5.41) is 4.01. The molecule has 0 aliphatic carbocycles. The molecule has 0 fully saturated rings. The average Bonchev–Trinajstić information content (AvgIpc) is 3.08. The van der Waals surface area contributed by atoms with E-state index >= 15 is 0 Å². The maximum atomic E-state index is 12.7. The number of carbonyl (C=O) groups excluding carboxylic acids is 1. The molecule has 148 valence electrons. The Morgan fingerprint density at radius 1 is 1.17 bits per heavy atom. The number of ether oxygens (including phenoxy) is 1. The number of anilines is 2. The quantitative estimate of drug-likeness (QED) is 0.475. The average molecular weight is 407 g/mol. The molecule has 0 spiro atoms. The second-order valence-electron chi connectivity index (χ2n) is 6.58. The third-order valence-electron chi connectivity index (χ3n) is 4.71. The number of aromatic nitrogens is 3. The van der Waals surface area contributed by atoms with Crippen LogP contribution in [0.3, 0.4) is 0 Å². The van der Waals surface area contributed by atoms with Crippen molar-refractivity contribution in [1.29, 1.82) is 0 Å². The summed E-state index contributed by atoms with van der Waals surface area (Å²) in [6, 6.07) is 11.7. The van der Waals surface area contributed by atoms with Gasteiger partial charge in [-0.05, 0) is 35.6 Å². The van der Waals surface area contributed by atoms with Gasteiger partial charge in [-0.1, -0.05) is 30.0 Å². The summed E-state index contributed by atoms with van der Waals surface area (Å²) in [5.41, 5.74) is 2.90. The fraction of sp³-hybridized carbons (Fsp3) is 0.238. The van der Waals surface area contributed by atoms with Crippen LogP contribution >= 0.6 is 11.8 Å². The Labute approximate surface area is 173 Å². The van der Waals surface area contributed by atoms with Gasteiger partial charge in [0.2, 0.25) is 5.91 Å². The Kier molecular flexibility index (Phi) is 5.62. The number of carbonyl (C=O) groups is 1. The molecule has 3 aromatic rings. The summed E-state index contributed by atoms with van der Waals surface area (Å²) in [7, 11) is 1.65. The lowest BCUT2D eigenvalue weighted by molar-refractivity contribution is -0.117. The third-order valence-corrected chi connectivity index (χ3v) is 5.26. The molecular weight excluding hydrogens is 386 g/mol. The van der Waals surface area contributed by atoms with Crippen LogP contribution in [0.5, 0.6) is 5.75 Å². The summed E-state index contributed by atoms with van der Waals surface area (Å²) in [6.07, 6.45) is 5.70. The lowest BCUT2D eigenvalue weighted by atomic mass is 10.2. The maximum Gasteiger partial charge on any atom is 0.233 e. The molecule has 2 aromatic heterocycles. The largest absolute Gasteiger partial charge is 0.497 e. The first-order chi connectivity index (χ1) is 14.2. The number of pyridine rings is 1. The number of benzene rings is 1. The Bertz CT molecular complexity index is 1010. The molecule has 3 heterocycles. The van der Waals surface area contributed by atoms with Gasteiger partial charge in [0.25, 0.3) is 0 Å². The first-order valence-corrected chi connectivity index (χ1v) is 10.4. The molecule has 0 radical (unpaired) electrons. The van der Waals surface area contributed by atoms with Crippen molar-refractivity contribution in [2.45, 2.75) is 24.7 Å². The maximum absolute atomic E-state index is 12.7. The number of nitrogens with one attached hydrogen (secondary N) is 1. The first kappa shape index (κ1) is 19.2. The van der Waals surface area contributed by atoms with Crippen LogP contribution in [-0.2, 0) is 24.3 Å². The van der Waals surface area contributed by atoms with Crippen LogP contribution in [-0.4, -0.2) is 34.2 Å². The minimum atomic E-state index is 0.0175. The van der Waals surface area contributed by atoms with E-state index in [9.17, 15) is 4.79 Å². The molecule has 8 heteroatoms. The van der Waals surface area contributed by atoms with Crippen molar-refractivity contribution in [1.82, 2.24) is 15.0 Å². The van der Waals surface area contributed by atoms with Crippen LogP contribution in [0.15, 0.2) is 53.9 Å². The van der Waals surface area contributed by atoms with E-state index in [0.29, 0.717) is 29.9 Å². The molecule has 1 aliphatic rings. The summed E-state index contributed by atoms with van der Waals surface area (Å²) in [4.78, 5) is 27.8. The number of thioether (sulfide) groups is 1. The Balaban J connectivity index is 1.59. The second kappa shape index (κ2) is 8.48. The van der Waals surface area contributed by atoms with Gasteiger partial charge in [0.15, 0.2) is 5.16 Å². The number of rotatable bonds is 7. The number of methoxy groups -OCH3 is 1. The molecular formula is C21H21N5O2S. The predicted octanol–water partition coefficient (Wildman–Crippen LogP) is 3.30. The molecule has 29 heavy (non-hydrogen) atoms. The van der Waals surface area contributed by atoms with Crippen molar-refractivity contribution in [2.24, 2.45) is 0 Å². The highest BCUT2D eigenvalue weighted by Gasteiger charge is 2.32. The van der Waals surface area contributed by atoms with Crippen LogP contribution in [0.25, 0.3) is 0 Å². The van der Waals surface area contributed by atoms with Crippen LogP contribution in [0, 0.1) is 0 Å². The number of hydrogen-bond acceptors (Lipinski definition) is 7. The van der Waals surface area contributed by atoms with Crippen LogP contribution < -0.4 is 15.0 Å². The van der Waals surface area contributed by atoms with Gasteiger partial charge in [0, 0.05) is 24.5 Å². The van der Waals surface area contributed by atoms with Gasteiger partial charge in [-0.15, -0.1) is 0 Å². The van der Waals surface area contributed by atoms with Gasteiger partial charge in [-0.25, -0.2) is 9.97 Å². The van der Waals surface area contributed by atoms with Gasteiger partial charge in [-0.2, -0.15) is 0 Å². The van der Waals surface area contributed by atoms with Crippen LogP contribution in [0.1, 0.15) is 16.7 Å². The van der Waals surface area contributed by atoms with Gasteiger partial charge in [0.1, 0.15) is 17.4 Å². The summed E-state index contributed by atoms with van der Waals surface area (Å²) in [5.74, 6) is 2.22. The van der Waals surface area contributed by atoms with Crippen molar-refractivity contribution < 1.29 is 9.53 Å². The van der Waals surface area contributed by atoms with Crippen molar-refractivity contribution >= 4 is 29.3 Å². The molecule has 0 unspecified atom stereocenters. The second-order valence-corrected chi connectivity index (χ2v) is 7.35. The van der Waals surface area contributed by atoms with Gasteiger partial charge in [0.05, 0.1) is 20.1 Å². The highest BCUT2D eigenvalue weighted by molar-refractivity contribution is 7.98. The zero-order chi connectivity index (χ0) is 20.2. The van der Waals surface area contributed by atoms with Crippen molar-refractivity contribution in [3.63, 3.8) is 0 Å². The Morgan fingerprint density at radius 2 is 2.00 bits per heavy atom. The van der Waals surface area contributed by atoms with Crippen LogP contribution in [0.2, 0.25) is 0 Å². The lowest BCUT2D eigenvalue weighted by Crippen LogP contribution is -2.26. The molecule has 0 saturated heterocycles. The molecule has 4 rings (SSSR count). The van der Waals surface area contributed by atoms with Crippen molar-refractivity contribution in [2.75, 3.05) is 23.6 Å². The van der Waals surface area contributed by atoms with E-state index in [1.54, 1.807) is 24.4 Å². The van der Waals surface area contributed by atoms with Gasteiger partial charge < -0.3 is 10.1 Å². The standard InChI is InChI=1S/C21H21N5O2S/c1-28-16-7-5-14(6-8-16)12-23-19-17-10-18(27)26(13-15-4-3-9-22-11-15)20(17)25-21(24-19)29-2/h3-9,11H,10,12-13H2,1-2H3,(H,23,24,25). The number of fused-ring (bicyclic) bond motifs is 1. The highest BCUT2D eigenvalue weighted by Crippen LogP contribution is 2.34. The molecule has 1 N–H and O–H groups in total. The first-order valence-electron chi connectivity index (χ1n) is 9.19. The Hall–Kier alpha value is -3.13. The molecule has 0 bridgehead atoms. The van der Waals surface area contributed by atoms with E-state index in [0.717, 1.165) is 22.4 Å². The van der Waals surface area contributed by atoms with Gasteiger partial charge >= 0.3 is 0 Å². The fourth-order valence-corrected chi connectivity index (χ4v) is 3.57. The van der Waals surface area contributed by atoms with E-state index in [-0.39, 0.29) is 12.3 Å². The van der Waals surface area contributed by atoms with Crippen molar-refractivity contribution in [3.8, 4) is 5.75 Å². The lowest BCUT2D eigenvalue weighted by Gasteiger charge is -2.17. The molecule has 7 nitrogen and oxygen atoms in total. The minimum absolute atomic E-state index is 0.0175. The SMILES string of the molecule is COc1ccc(CNc2nc(SC)nc3c2CC(=O)N3Cc2cccnc2)cc1. The summed E-state index contributed by atoms with van der Waals surface area (Å²) in [6.45, 7) is 1.04. The highest BCUT2D eigenvalue weighted by atomic mass is 32.2. The van der Waals surface area contributed by atoms with E-state index in [2.05, 4.69) is 20.3 Å². The van der Waals surface area contributed by atoms with E-state index in [1.165, 1.54) is 11.8 Å². The number of hydrogen-bond donors (Lipinski definition) is 1. The topological polar surface area (TPSA) is 80.2 Å². The molecule has 1 aromatic carbocycles. The summed E-state index contributed by atoms with van der Waals surface area (Å²) >= 11 is 1.46. The third kappa shape index (κ3) is 4.17. The van der Waals surface area contributed by atoms with E-state index in [1.807, 2.05) is 42.7 Å². The molecule has 0 saturated carbocycles. The number of nitrogens with zero attached hydrogens (tertiary/aromatic N) is 4.